The third kappa shape index (κ3) is 599. The van der Waals surface area contributed by atoms with Crippen molar-refractivity contribution < 1.29 is 19.1 Å². The number of carbonyl (C=O) groups excluding carboxylic acids is 2. The topological polar surface area (TPSA) is 79.9 Å². The quantitative estimate of drug-likeness (QED) is 0.253. The average Bonchev–Trinajstić information content (AvgIpc) is 3.04. The molecule has 0 saturated carbocycles. The van der Waals surface area contributed by atoms with Crippen LogP contribution in [-0.2, 0) is 19.1 Å². The second-order valence-electron chi connectivity index (χ2n) is 9.44. The van der Waals surface area contributed by atoms with E-state index in [1.807, 2.05) is 77.5 Å². The first-order valence-corrected chi connectivity index (χ1v) is 19.7. The molecule has 0 aliphatic heterocycles. The summed E-state index contributed by atoms with van der Waals surface area (Å²) < 4.78 is 9.08. The molecule has 0 aliphatic carbocycles. The van der Waals surface area contributed by atoms with Gasteiger partial charge in [-0.3, -0.25) is 4.79 Å². The van der Waals surface area contributed by atoms with E-state index in [-0.39, 0.29) is 11.7 Å². The summed E-state index contributed by atoms with van der Waals surface area (Å²) in [6, 6.07) is 0. The standard InChI is InChI=1S/C4H9NO.2C4H10.C4H8.2C3H9N.2C3H8O.C3H6O.2C3H8S/c1-4(6)5(2)3;1-4(2)3;6*1-3-4-2;1-3(2)4;2*1-3-4-2/h1-3H3;4H,1-3H3;3-4H2,1-2H3;3-4H,1-2H3;2*4H,3H2,1-2H3;2*3H2,1-2H3;1-2H3;2*3H2,1-2H3. The van der Waals surface area contributed by atoms with Gasteiger partial charge in [0.2, 0.25) is 5.91 Å². The Bertz CT molecular complexity index is 352. The smallest absolute Gasteiger partial charge is 0.218 e. The Morgan fingerprint density at radius 1 is 0.674 bits per heavy atom. The number of nitrogens with one attached hydrogen (secondary N) is 2. The Morgan fingerprint density at radius 3 is 0.804 bits per heavy atom. The highest BCUT2D eigenvalue weighted by atomic mass is 32.2. The molecular weight excluding hydrogens is 615 g/mol. The number of unbranched alkanes of at least 4 members (excludes halogenated alkanes) is 1. The number of hydrogen-bond donors (Lipinski definition) is 2. The van der Waals surface area contributed by atoms with Gasteiger partial charge in [0.15, 0.2) is 0 Å². The third-order valence-electron chi connectivity index (χ3n) is 3.32. The van der Waals surface area contributed by atoms with Crippen LogP contribution in [0.15, 0.2) is 12.2 Å². The lowest BCUT2D eigenvalue weighted by molar-refractivity contribution is -0.126. The van der Waals surface area contributed by atoms with E-state index in [1.54, 1.807) is 28.3 Å². The number of allylic oxidation sites excluding steroid dienone is 2. The van der Waals surface area contributed by atoms with E-state index in [0.29, 0.717) is 0 Å². The van der Waals surface area contributed by atoms with E-state index in [4.69, 9.17) is 0 Å². The van der Waals surface area contributed by atoms with Crippen molar-refractivity contribution in [2.75, 3.05) is 92.7 Å². The van der Waals surface area contributed by atoms with Crippen LogP contribution in [0, 0.1) is 5.92 Å². The molecule has 0 bridgehead atoms. The van der Waals surface area contributed by atoms with Crippen LogP contribution in [0.1, 0.15) is 124 Å². The number of rotatable bonds is 7. The Hall–Kier alpha value is -0.580. The molecule has 0 unspecified atom stereocenters. The Labute approximate surface area is 303 Å². The van der Waals surface area contributed by atoms with Gasteiger partial charge in [-0.1, -0.05) is 87.3 Å². The Balaban J connectivity index is -0.0000000326. The zero-order valence-electron chi connectivity index (χ0n) is 36.3. The number of ketones is 1. The third-order valence-corrected chi connectivity index (χ3v) is 4.48. The first kappa shape index (κ1) is 75.6. The van der Waals surface area contributed by atoms with Crippen molar-refractivity contribution in [3.63, 3.8) is 0 Å². The lowest BCUT2D eigenvalue weighted by Gasteiger charge is -2.02. The van der Waals surface area contributed by atoms with Gasteiger partial charge in [-0.05, 0) is 98.7 Å². The SMILES string of the molecule is CC(=O)N(C)C.CC(C)=O.CC(C)C.CC=CC.CCCC.CCNC.CCNC.CCOC.CCOC.CCSC.CCSC. The molecule has 0 aromatic carbocycles. The van der Waals surface area contributed by atoms with Crippen molar-refractivity contribution in [3.05, 3.63) is 12.2 Å². The summed E-state index contributed by atoms with van der Waals surface area (Å²) in [5.74, 6) is 3.56. The van der Waals surface area contributed by atoms with Crippen molar-refractivity contribution in [2.45, 2.75) is 124 Å². The molecular formula is C37H93N3O4S2. The molecule has 0 spiro atoms. The zero-order chi connectivity index (χ0) is 39.6. The van der Waals surface area contributed by atoms with Crippen molar-refractivity contribution in [3.8, 4) is 0 Å². The van der Waals surface area contributed by atoms with E-state index in [0.717, 1.165) is 32.2 Å². The molecule has 292 valence electrons. The molecule has 7 nitrogen and oxygen atoms in total. The van der Waals surface area contributed by atoms with Crippen LogP contribution >= 0.6 is 23.5 Å². The highest BCUT2D eigenvalue weighted by Crippen LogP contribution is 1.84. The van der Waals surface area contributed by atoms with Crippen LogP contribution in [0.4, 0.5) is 0 Å². The van der Waals surface area contributed by atoms with Crippen LogP contribution in [0.3, 0.4) is 0 Å². The summed E-state index contributed by atoms with van der Waals surface area (Å²) in [4.78, 5) is 21.0. The maximum absolute atomic E-state index is 10.1. The van der Waals surface area contributed by atoms with Crippen LogP contribution < -0.4 is 10.6 Å². The summed E-state index contributed by atoms with van der Waals surface area (Å²) in [5, 5.41) is 5.86. The summed E-state index contributed by atoms with van der Waals surface area (Å²) in [5.41, 5.74) is 0. The minimum atomic E-state index is 0.0926. The van der Waals surface area contributed by atoms with E-state index < -0.39 is 0 Å². The fourth-order valence-corrected chi connectivity index (χ4v) is 0. The van der Waals surface area contributed by atoms with Gasteiger partial charge in [-0.15, -0.1) is 0 Å². The molecule has 0 aliphatic rings. The lowest BCUT2D eigenvalue weighted by Crippen LogP contribution is -2.17. The van der Waals surface area contributed by atoms with Gasteiger partial charge in [-0.25, -0.2) is 0 Å². The summed E-state index contributed by atoms with van der Waals surface area (Å²) in [6.07, 6.45) is 10.8. The molecule has 9 heteroatoms. The molecule has 0 aromatic rings. The van der Waals surface area contributed by atoms with Crippen molar-refractivity contribution >= 4 is 35.2 Å². The van der Waals surface area contributed by atoms with Gasteiger partial charge in [0.05, 0.1) is 0 Å². The van der Waals surface area contributed by atoms with Crippen molar-refractivity contribution in [1.82, 2.24) is 15.5 Å². The maximum Gasteiger partial charge on any atom is 0.218 e. The van der Waals surface area contributed by atoms with E-state index >= 15 is 0 Å². The van der Waals surface area contributed by atoms with Gasteiger partial charge in [0.25, 0.3) is 0 Å². The number of Topliss-reactive ketones (excluding diaryl/α,β-unsaturated/α-hetero) is 1. The predicted octanol–water partition coefficient (Wildman–Crippen LogP) is 10.2. The van der Waals surface area contributed by atoms with E-state index in [1.165, 1.54) is 50.0 Å². The number of amides is 1. The minimum absolute atomic E-state index is 0.0926. The largest absolute Gasteiger partial charge is 0.385 e. The molecule has 0 heterocycles. The molecule has 0 fully saturated rings. The number of methoxy groups -OCH3 is 2. The van der Waals surface area contributed by atoms with Gasteiger partial charge < -0.3 is 29.8 Å². The lowest BCUT2D eigenvalue weighted by atomic mass is 10.3. The molecule has 2 N–H and O–H groups in total. The summed E-state index contributed by atoms with van der Waals surface area (Å²) in [7, 11) is 10.7. The van der Waals surface area contributed by atoms with E-state index in [2.05, 4.69) is 94.9 Å². The van der Waals surface area contributed by atoms with Gasteiger partial charge in [0, 0.05) is 48.5 Å². The molecule has 0 saturated heterocycles. The zero-order valence-corrected chi connectivity index (χ0v) is 37.9. The molecule has 1 amide bonds. The molecule has 0 radical (unpaired) electrons. The highest BCUT2D eigenvalue weighted by molar-refractivity contribution is 7.98. The first-order valence-electron chi connectivity index (χ1n) is 16.9. The predicted molar refractivity (Wildman–Crippen MR) is 225 cm³/mol. The monoisotopic (exact) mass is 708 g/mol. The number of thioether (sulfide) groups is 2. The summed E-state index contributed by atoms with van der Waals surface area (Å²) in [6.45, 7) is 35.6. The number of ether oxygens (including phenoxy) is 2. The van der Waals surface area contributed by atoms with Gasteiger partial charge >= 0.3 is 0 Å². The molecule has 0 rings (SSSR count). The average molecular weight is 708 g/mol. The minimum Gasteiger partial charge on any atom is -0.385 e. The van der Waals surface area contributed by atoms with Crippen LogP contribution in [0.5, 0.6) is 0 Å². The normalized spacial score (nSPS) is 7.76. The fraction of sp³-hybridized carbons (Fsp3) is 0.892. The van der Waals surface area contributed by atoms with Gasteiger partial charge in [0.1, 0.15) is 5.78 Å². The highest BCUT2D eigenvalue weighted by Gasteiger charge is 1.87. The van der Waals surface area contributed by atoms with Crippen LogP contribution in [0.2, 0.25) is 0 Å². The van der Waals surface area contributed by atoms with Gasteiger partial charge in [-0.2, -0.15) is 23.5 Å². The van der Waals surface area contributed by atoms with E-state index in [9.17, 15) is 9.59 Å². The molecule has 0 aromatic heterocycles. The summed E-state index contributed by atoms with van der Waals surface area (Å²) >= 11 is 3.71. The number of hydrogen-bond acceptors (Lipinski definition) is 8. The number of nitrogens with zero attached hydrogens (tertiary/aromatic N) is 1. The Kier molecular flexibility index (Phi) is 183. The number of carbonyl (C=O) groups is 2. The maximum atomic E-state index is 10.1. The Morgan fingerprint density at radius 2 is 0.804 bits per heavy atom. The van der Waals surface area contributed by atoms with Crippen LogP contribution in [-0.4, -0.2) is 109 Å². The second kappa shape index (κ2) is 111. The van der Waals surface area contributed by atoms with Crippen LogP contribution in [0.25, 0.3) is 0 Å². The molecule has 46 heavy (non-hydrogen) atoms. The fourth-order valence-electron chi connectivity index (χ4n) is 0. The van der Waals surface area contributed by atoms with Crippen molar-refractivity contribution in [2.24, 2.45) is 5.92 Å². The van der Waals surface area contributed by atoms with Crippen molar-refractivity contribution in [1.29, 1.82) is 0 Å². The molecule has 0 atom stereocenters. The second-order valence-corrected chi connectivity index (χ2v) is 11.8. The first-order chi connectivity index (χ1) is 21.4.